The maximum atomic E-state index is 11.4. The van der Waals surface area contributed by atoms with Crippen molar-refractivity contribution in [2.45, 2.75) is 39.5 Å². The van der Waals surface area contributed by atoms with Gasteiger partial charge in [-0.15, -0.1) is 11.3 Å². The summed E-state index contributed by atoms with van der Waals surface area (Å²) in [5, 5.41) is 1.14. The van der Waals surface area contributed by atoms with Crippen molar-refractivity contribution in [1.82, 2.24) is 4.98 Å². The number of Topliss-reactive ketones (excluding diaryl/α,β-unsaturated/α-hetero) is 1. The van der Waals surface area contributed by atoms with Crippen LogP contribution in [0.2, 0.25) is 0 Å². The van der Waals surface area contributed by atoms with Crippen LogP contribution in [0.4, 0.5) is 0 Å². The van der Waals surface area contributed by atoms with Crippen LogP contribution in [0.1, 0.15) is 34.8 Å². The zero-order valence-corrected chi connectivity index (χ0v) is 9.49. The minimum absolute atomic E-state index is 0.264. The summed E-state index contributed by atoms with van der Waals surface area (Å²) in [6.45, 7) is 4.12. The largest absolute Gasteiger partial charge is 0.299 e. The van der Waals surface area contributed by atoms with E-state index < -0.39 is 0 Å². The Morgan fingerprint density at radius 1 is 1.50 bits per heavy atom. The summed E-state index contributed by atoms with van der Waals surface area (Å²) in [5.74, 6) is 0.704. The molecular weight excluding hydrogens is 194 g/mol. The van der Waals surface area contributed by atoms with Gasteiger partial charge in [0.25, 0.3) is 0 Å². The maximum absolute atomic E-state index is 11.4. The maximum Gasteiger partial charge on any atom is 0.136 e. The predicted molar refractivity (Wildman–Crippen MR) is 57.6 cm³/mol. The lowest BCUT2D eigenvalue weighted by molar-refractivity contribution is -0.120. The van der Waals surface area contributed by atoms with E-state index in [0.29, 0.717) is 5.78 Å². The molecule has 76 valence electrons. The molecule has 1 unspecified atom stereocenters. The molecule has 1 aliphatic rings. The minimum Gasteiger partial charge on any atom is -0.299 e. The number of ketones is 1. The highest BCUT2D eigenvalue weighted by atomic mass is 32.1. The number of aryl methyl sites for hydroxylation is 2. The standard InChI is InChI=1S/C11H15NOS/c1-7-8(2)14-11(12-7)6-9-4-3-5-10(9)13/h9H,3-6H2,1-2H3. The summed E-state index contributed by atoms with van der Waals surface area (Å²) in [6.07, 6.45) is 3.80. The van der Waals surface area contributed by atoms with Crippen molar-refractivity contribution in [2.75, 3.05) is 0 Å². The van der Waals surface area contributed by atoms with Gasteiger partial charge in [-0.05, 0) is 26.7 Å². The van der Waals surface area contributed by atoms with Gasteiger partial charge in [0.1, 0.15) is 5.78 Å². The van der Waals surface area contributed by atoms with E-state index in [-0.39, 0.29) is 5.92 Å². The van der Waals surface area contributed by atoms with Gasteiger partial charge < -0.3 is 0 Å². The molecule has 0 aliphatic heterocycles. The van der Waals surface area contributed by atoms with Crippen LogP contribution >= 0.6 is 11.3 Å². The number of hydrogen-bond donors (Lipinski definition) is 0. The summed E-state index contributed by atoms with van der Waals surface area (Å²) in [5.41, 5.74) is 1.12. The second-order valence-corrected chi connectivity index (χ2v) is 5.30. The summed E-state index contributed by atoms with van der Waals surface area (Å²) in [6, 6.07) is 0. The van der Waals surface area contributed by atoms with Gasteiger partial charge in [0.2, 0.25) is 0 Å². The monoisotopic (exact) mass is 209 g/mol. The predicted octanol–water partition coefficient (Wildman–Crippen LogP) is 2.67. The molecule has 0 radical (unpaired) electrons. The van der Waals surface area contributed by atoms with Gasteiger partial charge in [-0.3, -0.25) is 4.79 Å². The van der Waals surface area contributed by atoms with Crippen molar-refractivity contribution in [3.05, 3.63) is 15.6 Å². The third-order valence-electron chi connectivity index (χ3n) is 2.92. The second-order valence-electron chi connectivity index (χ2n) is 4.01. The number of aromatic nitrogens is 1. The Kier molecular flexibility index (Phi) is 2.68. The highest BCUT2D eigenvalue weighted by Gasteiger charge is 2.25. The van der Waals surface area contributed by atoms with Crippen molar-refractivity contribution >= 4 is 17.1 Å². The molecule has 1 aromatic heterocycles. The van der Waals surface area contributed by atoms with Crippen LogP contribution in [-0.2, 0) is 11.2 Å². The Balaban J connectivity index is 2.07. The fourth-order valence-electron chi connectivity index (χ4n) is 1.94. The van der Waals surface area contributed by atoms with Crippen molar-refractivity contribution in [3.8, 4) is 0 Å². The summed E-state index contributed by atoms with van der Waals surface area (Å²) in [7, 11) is 0. The van der Waals surface area contributed by atoms with Crippen LogP contribution in [0, 0.1) is 19.8 Å². The summed E-state index contributed by atoms with van der Waals surface area (Å²) in [4.78, 5) is 17.2. The lowest BCUT2D eigenvalue weighted by Gasteiger charge is -2.03. The Morgan fingerprint density at radius 3 is 2.79 bits per heavy atom. The van der Waals surface area contributed by atoms with E-state index in [1.165, 1.54) is 4.88 Å². The second kappa shape index (κ2) is 3.81. The molecular formula is C11H15NOS. The first-order valence-electron chi connectivity index (χ1n) is 5.12. The van der Waals surface area contributed by atoms with E-state index in [1.54, 1.807) is 11.3 Å². The smallest absolute Gasteiger partial charge is 0.136 e. The van der Waals surface area contributed by atoms with E-state index in [0.717, 1.165) is 36.4 Å². The van der Waals surface area contributed by atoms with Gasteiger partial charge in [-0.2, -0.15) is 0 Å². The molecule has 2 rings (SSSR count). The minimum atomic E-state index is 0.264. The highest BCUT2D eigenvalue weighted by molar-refractivity contribution is 7.11. The average molecular weight is 209 g/mol. The molecule has 1 saturated carbocycles. The van der Waals surface area contributed by atoms with Crippen molar-refractivity contribution in [2.24, 2.45) is 5.92 Å². The fourth-order valence-corrected chi connectivity index (χ4v) is 2.95. The number of hydrogen-bond acceptors (Lipinski definition) is 3. The number of nitrogens with zero attached hydrogens (tertiary/aromatic N) is 1. The van der Waals surface area contributed by atoms with Crippen LogP contribution in [0.15, 0.2) is 0 Å². The van der Waals surface area contributed by atoms with Crippen LogP contribution in [0.25, 0.3) is 0 Å². The number of rotatable bonds is 2. The zero-order chi connectivity index (χ0) is 10.1. The summed E-state index contributed by atoms with van der Waals surface area (Å²) < 4.78 is 0. The van der Waals surface area contributed by atoms with Gasteiger partial charge in [0, 0.05) is 23.6 Å². The molecule has 1 aliphatic carbocycles. The Morgan fingerprint density at radius 2 is 2.29 bits per heavy atom. The van der Waals surface area contributed by atoms with Gasteiger partial charge in [0.15, 0.2) is 0 Å². The highest BCUT2D eigenvalue weighted by Crippen LogP contribution is 2.27. The van der Waals surface area contributed by atoms with E-state index in [1.807, 2.05) is 6.92 Å². The molecule has 2 nitrogen and oxygen atoms in total. The van der Waals surface area contributed by atoms with E-state index in [2.05, 4.69) is 11.9 Å². The molecule has 0 N–H and O–H groups in total. The summed E-state index contributed by atoms with van der Waals surface area (Å²) >= 11 is 1.74. The molecule has 0 spiro atoms. The number of carbonyl (C=O) groups is 1. The first-order chi connectivity index (χ1) is 6.66. The number of carbonyl (C=O) groups excluding carboxylic acids is 1. The number of thiazole rings is 1. The molecule has 1 heterocycles. The van der Waals surface area contributed by atoms with E-state index in [4.69, 9.17) is 0 Å². The fraction of sp³-hybridized carbons (Fsp3) is 0.636. The van der Waals surface area contributed by atoms with Crippen LogP contribution in [-0.4, -0.2) is 10.8 Å². The molecule has 1 fully saturated rings. The molecule has 0 bridgehead atoms. The zero-order valence-electron chi connectivity index (χ0n) is 8.67. The van der Waals surface area contributed by atoms with E-state index >= 15 is 0 Å². The molecule has 3 heteroatoms. The Labute approximate surface area is 88.4 Å². The van der Waals surface area contributed by atoms with E-state index in [9.17, 15) is 4.79 Å². The Hall–Kier alpha value is -0.700. The van der Waals surface area contributed by atoms with Crippen LogP contribution in [0.5, 0.6) is 0 Å². The van der Waals surface area contributed by atoms with Crippen molar-refractivity contribution in [3.63, 3.8) is 0 Å². The molecule has 1 atom stereocenters. The third kappa shape index (κ3) is 1.87. The van der Waals surface area contributed by atoms with Gasteiger partial charge in [0.05, 0.1) is 10.7 Å². The van der Waals surface area contributed by atoms with Crippen molar-refractivity contribution < 1.29 is 4.79 Å². The quantitative estimate of drug-likeness (QED) is 0.749. The van der Waals surface area contributed by atoms with Gasteiger partial charge >= 0.3 is 0 Å². The average Bonchev–Trinajstić information content (AvgIpc) is 2.63. The molecule has 0 amide bonds. The van der Waals surface area contributed by atoms with Gasteiger partial charge in [-0.25, -0.2) is 4.98 Å². The normalized spacial score (nSPS) is 21.9. The molecule has 1 aromatic rings. The molecule has 0 aromatic carbocycles. The lowest BCUT2D eigenvalue weighted by atomic mass is 10.0. The molecule has 0 saturated heterocycles. The Bertz CT molecular complexity index is 337. The lowest BCUT2D eigenvalue weighted by Crippen LogP contribution is -2.09. The van der Waals surface area contributed by atoms with Crippen LogP contribution < -0.4 is 0 Å². The van der Waals surface area contributed by atoms with Crippen LogP contribution in [0.3, 0.4) is 0 Å². The van der Waals surface area contributed by atoms with Crippen molar-refractivity contribution in [1.29, 1.82) is 0 Å². The third-order valence-corrected chi connectivity index (χ3v) is 4.02. The topological polar surface area (TPSA) is 30.0 Å². The SMILES string of the molecule is Cc1nc(CC2CCCC2=O)sc1C. The first-order valence-corrected chi connectivity index (χ1v) is 5.94. The van der Waals surface area contributed by atoms with Gasteiger partial charge in [-0.1, -0.05) is 0 Å². The first kappa shape index (κ1) is 9.84. The molecule has 14 heavy (non-hydrogen) atoms.